The molecule has 2 atom stereocenters. The second kappa shape index (κ2) is 4.31. The quantitative estimate of drug-likeness (QED) is 0.614. The third-order valence-electron chi connectivity index (χ3n) is 2.54. The second-order valence-corrected chi connectivity index (χ2v) is 5.12. The van der Waals surface area contributed by atoms with Crippen molar-refractivity contribution in [2.45, 2.75) is 32.9 Å². The molecule has 90 valence electrons. The minimum atomic E-state index is -0.756. The van der Waals surface area contributed by atoms with Crippen molar-refractivity contribution >= 4 is 0 Å². The van der Waals surface area contributed by atoms with Gasteiger partial charge in [0.15, 0.2) is 0 Å². The molecular formula is C12H19NO3. The number of hydrogen-bond donors (Lipinski definition) is 4. The average molecular weight is 225 g/mol. The predicted molar refractivity (Wildman–Crippen MR) is 62.2 cm³/mol. The molecule has 1 aromatic rings. The van der Waals surface area contributed by atoms with Crippen molar-refractivity contribution in [1.82, 2.24) is 0 Å². The maximum Gasteiger partial charge on any atom is 0.119 e. The van der Waals surface area contributed by atoms with Crippen molar-refractivity contribution in [2.24, 2.45) is 11.1 Å². The van der Waals surface area contributed by atoms with E-state index in [4.69, 9.17) is 5.73 Å². The molecule has 16 heavy (non-hydrogen) atoms. The summed E-state index contributed by atoms with van der Waals surface area (Å²) in [5.41, 5.74) is 6.04. The molecule has 0 amide bonds. The van der Waals surface area contributed by atoms with Gasteiger partial charge in [0.2, 0.25) is 0 Å². The number of aliphatic hydroxyl groups excluding tert-OH is 1. The molecule has 0 unspecified atom stereocenters. The first kappa shape index (κ1) is 12.8. The predicted octanol–water partition coefficient (Wildman–Crippen LogP) is 1.50. The Morgan fingerprint density at radius 2 is 1.50 bits per heavy atom. The summed E-state index contributed by atoms with van der Waals surface area (Å²) in [6, 6.07) is 3.47. The van der Waals surface area contributed by atoms with Gasteiger partial charge in [0.1, 0.15) is 11.5 Å². The zero-order valence-electron chi connectivity index (χ0n) is 9.81. The molecule has 1 rings (SSSR count). The van der Waals surface area contributed by atoms with Gasteiger partial charge in [-0.05, 0) is 23.1 Å². The molecular weight excluding hydrogens is 206 g/mol. The fourth-order valence-corrected chi connectivity index (χ4v) is 1.53. The van der Waals surface area contributed by atoms with E-state index in [1.807, 2.05) is 20.8 Å². The zero-order valence-corrected chi connectivity index (χ0v) is 9.81. The Morgan fingerprint density at radius 1 is 1.06 bits per heavy atom. The maximum absolute atomic E-state index is 10.0. The lowest BCUT2D eigenvalue weighted by atomic mass is 9.82. The minimum absolute atomic E-state index is 0.0634. The molecule has 4 nitrogen and oxygen atoms in total. The highest BCUT2D eigenvalue weighted by atomic mass is 16.3. The highest BCUT2D eigenvalue weighted by molar-refractivity contribution is 5.38. The number of nitrogens with two attached hydrogens (primary N) is 1. The van der Waals surface area contributed by atoms with E-state index in [1.165, 1.54) is 18.2 Å². The highest BCUT2D eigenvalue weighted by Gasteiger charge is 2.29. The van der Waals surface area contributed by atoms with Gasteiger partial charge < -0.3 is 21.1 Å². The molecule has 0 aliphatic heterocycles. The third kappa shape index (κ3) is 2.87. The number of aromatic hydroxyl groups is 2. The Balaban J connectivity index is 3.00. The number of rotatable bonds is 2. The standard InChI is InChI=1S/C12H19NO3/c1-12(2,3)11(16)10(13)7-4-8(14)6-9(15)5-7/h4-6,10-11,14-16H,13H2,1-3H3/t10-,11-/m0/s1. The minimum Gasteiger partial charge on any atom is -0.508 e. The van der Waals surface area contributed by atoms with Crippen LogP contribution in [0, 0.1) is 5.41 Å². The van der Waals surface area contributed by atoms with Gasteiger partial charge in [0, 0.05) is 6.07 Å². The van der Waals surface area contributed by atoms with E-state index >= 15 is 0 Å². The summed E-state index contributed by atoms with van der Waals surface area (Å²) < 4.78 is 0. The van der Waals surface area contributed by atoms with Crippen molar-refractivity contribution < 1.29 is 15.3 Å². The fourth-order valence-electron chi connectivity index (χ4n) is 1.53. The van der Waals surface area contributed by atoms with E-state index < -0.39 is 12.1 Å². The molecule has 1 aromatic carbocycles. The van der Waals surface area contributed by atoms with Gasteiger partial charge in [-0.15, -0.1) is 0 Å². The molecule has 0 fully saturated rings. The number of phenolic OH excluding ortho intramolecular Hbond substituents is 2. The van der Waals surface area contributed by atoms with Gasteiger partial charge in [0.25, 0.3) is 0 Å². The molecule has 5 N–H and O–H groups in total. The Morgan fingerprint density at radius 3 is 1.88 bits per heavy atom. The average Bonchev–Trinajstić information content (AvgIpc) is 2.12. The van der Waals surface area contributed by atoms with Crippen LogP contribution in [0.15, 0.2) is 18.2 Å². The van der Waals surface area contributed by atoms with Crippen LogP contribution in [-0.4, -0.2) is 21.4 Å². The van der Waals surface area contributed by atoms with Crippen molar-refractivity contribution in [1.29, 1.82) is 0 Å². The Bertz CT molecular complexity index is 351. The topological polar surface area (TPSA) is 86.7 Å². The van der Waals surface area contributed by atoms with E-state index in [2.05, 4.69) is 0 Å². The lowest BCUT2D eigenvalue weighted by Crippen LogP contribution is -2.36. The molecule has 4 heteroatoms. The first-order valence-corrected chi connectivity index (χ1v) is 5.18. The molecule has 0 aliphatic rings. The Labute approximate surface area is 95.3 Å². The lowest BCUT2D eigenvalue weighted by Gasteiger charge is -2.31. The van der Waals surface area contributed by atoms with Gasteiger partial charge >= 0.3 is 0 Å². The molecule has 0 aliphatic carbocycles. The van der Waals surface area contributed by atoms with Gasteiger partial charge in [-0.1, -0.05) is 20.8 Å². The molecule has 0 bridgehead atoms. The fraction of sp³-hybridized carbons (Fsp3) is 0.500. The highest BCUT2D eigenvalue weighted by Crippen LogP contribution is 2.31. The van der Waals surface area contributed by atoms with Crippen LogP contribution in [0.1, 0.15) is 32.4 Å². The van der Waals surface area contributed by atoms with Gasteiger partial charge in [0.05, 0.1) is 12.1 Å². The van der Waals surface area contributed by atoms with Crippen LogP contribution in [-0.2, 0) is 0 Å². The summed E-state index contributed by atoms with van der Waals surface area (Å²) in [6.45, 7) is 5.63. The smallest absolute Gasteiger partial charge is 0.119 e. The van der Waals surface area contributed by atoms with E-state index in [0.29, 0.717) is 5.56 Å². The first-order chi connectivity index (χ1) is 7.21. The molecule has 0 radical (unpaired) electrons. The van der Waals surface area contributed by atoms with Gasteiger partial charge in [-0.3, -0.25) is 0 Å². The Kier molecular flexibility index (Phi) is 3.45. The maximum atomic E-state index is 10.0. The molecule has 0 aromatic heterocycles. The number of aliphatic hydroxyl groups is 1. The molecule has 0 heterocycles. The first-order valence-electron chi connectivity index (χ1n) is 5.18. The number of phenols is 2. The van der Waals surface area contributed by atoms with Crippen molar-refractivity contribution in [3.8, 4) is 11.5 Å². The molecule has 0 spiro atoms. The van der Waals surface area contributed by atoms with Crippen LogP contribution in [0.25, 0.3) is 0 Å². The largest absolute Gasteiger partial charge is 0.508 e. The van der Waals surface area contributed by atoms with Crippen LogP contribution in [0.4, 0.5) is 0 Å². The van der Waals surface area contributed by atoms with Crippen molar-refractivity contribution in [3.05, 3.63) is 23.8 Å². The van der Waals surface area contributed by atoms with Crippen LogP contribution in [0.5, 0.6) is 11.5 Å². The summed E-state index contributed by atoms with van der Waals surface area (Å²) in [5, 5.41) is 28.7. The third-order valence-corrected chi connectivity index (χ3v) is 2.54. The van der Waals surface area contributed by atoms with Crippen molar-refractivity contribution in [3.63, 3.8) is 0 Å². The van der Waals surface area contributed by atoms with Crippen LogP contribution in [0.3, 0.4) is 0 Å². The van der Waals surface area contributed by atoms with Crippen LogP contribution >= 0.6 is 0 Å². The Hall–Kier alpha value is -1.26. The molecule has 0 saturated heterocycles. The van der Waals surface area contributed by atoms with Gasteiger partial charge in [-0.25, -0.2) is 0 Å². The van der Waals surface area contributed by atoms with Gasteiger partial charge in [-0.2, -0.15) is 0 Å². The van der Waals surface area contributed by atoms with E-state index in [1.54, 1.807) is 0 Å². The second-order valence-electron chi connectivity index (χ2n) is 5.12. The SMILES string of the molecule is CC(C)(C)[C@@H](O)[C@@H](N)c1cc(O)cc(O)c1. The summed E-state index contributed by atoms with van der Waals surface area (Å²) >= 11 is 0. The number of benzene rings is 1. The summed E-state index contributed by atoms with van der Waals surface area (Å²) in [6.07, 6.45) is -0.756. The monoisotopic (exact) mass is 225 g/mol. The lowest BCUT2D eigenvalue weighted by molar-refractivity contribution is 0.0400. The van der Waals surface area contributed by atoms with Crippen LogP contribution < -0.4 is 5.73 Å². The summed E-state index contributed by atoms with van der Waals surface area (Å²) in [7, 11) is 0. The van der Waals surface area contributed by atoms with Crippen LogP contribution in [0.2, 0.25) is 0 Å². The van der Waals surface area contributed by atoms with E-state index in [0.717, 1.165) is 0 Å². The summed E-state index contributed by atoms with van der Waals surface area (Å²) in [4.78, 5) is 0. The normalized spacial score (nSPS) is 15.8. The number of hydrogen-bond acceptors (Lipinski definition) is 4. The van der Waals surface area contributed by atoms with E-state index in [9.17, 15) is 15.3 Å². The molecule has 0 saturated carbocycles. The zero-order chi connectivity index (χ0) is 12.5. The van der Waals surface area contributed by atoms with Crippen molar-refractivity contribution in [2.75, 3.05) is 0 Å². The summed E-state index contributed by atoms with van der Waals surface area (Å²) in [5.74, 6) is -0.127. The van der Waals surface area contributed by atoms with E-state index in [-0.39, 0.29) is 16.9 Å².